The summed E-state index contributed by atoms with van der Waals surface area (Å²) in [7, 11) is -5.28. The van der Waals surface area contributed by atoms with E-state index < -0.39 is 58.2 Å². The average molecular weight is 852 g/mol. The van der Waals surface area contributed by atoms with Crippen LogP contribution < -0.4 is 5.19 Å². The molecule has 3 aromatic heterocycles. The van der Waals surface area contributed by atoms with E-state index in [2.05, 4.69) is 0 Å². The number of para-hydroxylation sites is 4. The molecule has 0 atom stereocenters. The summed E-state index contributed by atoms with van der Waals surface area (Å²) >= 11 is 0. The molecule has 0 amide bonds. The van der Waals surface area contributed by atoms with Crippen molar-refractivity contribution in [1.29, 1.82) is 0 Å². The van der Waals surface area contributed by atoms with Crippen LogP contribution in [0.25, 0.3) is 111 Å². The van der Waals surface area contributed by atoms with Crippen LogP contribution in [0, 0.1) is 0 Å². The highest BCUT2D eigenvalue weighted by atomic mass is 28.3. The van der Waals surface area contributed by atoms with Crippen LogP contribution in [0.1, 0.15) is 42.1 Å². The fourth-order valence-corrected chi connectivity index (χ4v) is 13.1. The van der Waals surface area contributed by atoms with E-state index in [4.69, 9.17) is 15.0 Å². The molecular formula is C58H45N5Si. The lowest BCUT2D eigenvalue weighted by Gasteiger charge is -2.44. The molecule has 5 nitrogen and oxygen atoms in total. The summed E-state index contributed by atoms with van der Waals surface area (Å²) in [5.74, 6) is 0.0206. The van der Waals surface area contributed by atoms with Gasteiger partial charge in [-0.15, -0.1) is 0 Å². The van der Waals surface area contributed by atoms with E-state index in [1.165, 1.54) is 0 Å². The summed E-state index contributed by atoms with van der Waals surface area (Å²) in [5, 5.41) is 3.30. The van der Waals surface area contributed by atoms with Crippen molar-refractivity contribution in [1.82, 2.24) is 24.1 Å². The van der Waals surface area contributed by atoms with Crippen molar-refractivity contribution < 1.29 is 16.4 Å². The Balaban J connectivity index is 1.31. The summed E-state index contributed by atoms with van der Waals surface area (Å²) in [6, 6.07) is 54.8. The Bertz CT molecular complexity index is 3960. The highest BCUT2D eigenvalue weighted by Gasteiger charge is 2.44. The van der Waals surface area contributed by atoms with Crippen LogP contribution >= 0.6 is 0 Å². The molecule has 0 bridgehead atoms. The molecule has 2 aliphatic rings. The van der Waals surface area contributed by atoms with Crippen LogP contribution in [0.15, 0.2) is 176 Å². The van der Waals surface area contributed by atoms with E-state index in [0.717, 1.165) is 60.3 Å². The predicted molar refractivity (Wildman–Crippen MR) is 269 cm³/mol. The van der Waals surface area contributed by atoms with Gasteiger partial charge in [-0.25, -0.2) is 0 Å². The summed E-state index contributed by atoms with van der Waals surface area (Å²) in [6.45, 7) is -13.3. The zero-order valence-corrected chi connectivity index (χ0v) is 35.4. The molecule has 306 valence electrons. The van der Waals surface area contributed by atoms with Gasteiger partial charge < -0.3 is 0 Å². The third kappa shape index (κ3) is 5.26. The minimum Gasteiger partial charge on any atom is -0.278 e. The number of hydrogen-bond acceptors (Lipinski definition) is 3. The second kappa shape index (κ2) is 13.5. The SMILES string of the molecule is [2H]C([2H])([2H])C1(C([2H])([2H])[2H])CC[Si](C([2H])([2H])[2H])(C([2H])([2H])[2H])c2c3c(cc(-c4nc(-n5c6ccccc6c6ccccc65)nc(-n5c6ccccc6c6ccccc65)n4)c21)-c1ccccc1-c1ccccc1-c1ccccc1-3. The van der Waals surface area contributed by atoms with Gasteiger partial charge in [0.2, 0.25) is 11.9 Å². The first-order valence-electron chi connectivity index (χ1n) is 27.5. The fourth-order valence-electron chi connectivity index (χ4n) is 10.6. The van der Waals surface area contributed by atoms with Crippen LogP contribution in [0.2, 0.25) is 19.0 Å². The van der Waals surface area contributed by atoms with Crippen LogP contribution in [-0.2, 0) is 5.41 Å². The van der Waals surface area contributed by atoms with E-state index >= 15 is 0 Å². The van der Waals surface area contributed by atoms with Gasteiger partial charge in [-0.05, 0) is 97.4 Å². The molecular weight excluding hydrogens is 795 g/mol. The van der Waals surface area contributed by atoms with Gasteiger partial charge in [0.1, 0.15) is 0 Å². The third-order valence-electron chi connectivity index (χ3n) is 13.4. The Morgan fingerprint density at radius 2 is 0.844 bits per heavy atom. The first kappa shape index (κ1) is 26.9. The summed E-state index contributed by atoms with van der Waals surface area (Å²) in [6.07, 6.45) is -0.798. The summed E-state index contributed by atoms with van der Waals surface area (Å²) < 4.78 is 119. The first-order valence-corrected chi connectivity index (χ1v) is 23.7. The van der Waals surface area contributed by atoms with E-state index in [1.54, 1.807) is 18.2 Å². The van der Waals surface area contributed by atoms with Gasteiger partial charge in [-0.2, -0.15) is 15.0 Å². The molecule has 1 aliphatic heterocycles. The molecule has 8 aromatic carbocycles. The molecule has 4 heterocycles. The fraction of sp³-hybridized carbons (Fsp3) is 0.121. The minimum absolute atomic E-state index is 0.0961. The molecule has 0 unspecified atom stereocenters. The number of fused-ring (bicyclic) bond motifs is 16. The summed E-state index contributed by atoms with van der Waals surface area (Å²) in [5.41, 5.74) is 4.08. The molecule has 6 heteroatoms. The Morgan fingerprint density at radius 3 is 1.28 bits per heavy atom. The van der Waals surface area contributed by atoms with Crippen molar-refractivity contribution in [3.63, 3.8) is 0 Å². The van der Waals surface area contributed by atoms with Crippen molar-refractivity contribution >= 4 is 56.9 Å². The molecule has 0 N–H and O–H groups in total. The minimum atomic E-state index is -5.28. The van der Waals surface area contributed by atoms with Crippen molar-refractivity contribution in [3.8, 4) is 67.8 Å². The maximum absolute atomic E-state index is 9.61. The Morgan fingerprint density at radius 1 is 0.453 bits per heavy atom. The first-order chi connectivity index (χ1) is 36.3. The topological polar surface area (TPSA) is 48.5 Å². The van der Waals surface area contributed by atoms with E-state index in [0.29, 0.717) is 22.3 Å². The number of nitrogens with zero attached hydrogens (tertiary/aromatic N) is 5. The Hall–Kier alpha value is -7.41. The van der Waals surface area contributed by atoms with E-state index in [1.807, 2.05) is 167 Å². The van der Waals surface area contributed by atoms with Crippen molar-refractivity contribution in [2.24, 2.45) is 0 Å². The smallest absolute Gasteiger partial charge is 0.240 e. The highest BCUT2D eigenvalue weighted by molar-refractivity contribution is 6.91. The zero-order valence-electron chi connectivity index (χ0n) is 46.4. The lowest BCUT2D eigenvalue weighted by Crippen LogP contribution is -2.52. The van der Waals surface area contributed by atoms with Crippen molar-refractivity contribution in [2.45, 2.75) is 44.5 Å². The second-order valence-corrected chi connectivity index (χ2v) is 19.9. The Kier molecular flexibility index (Phi) is 5.70. The van der Waals surface area contributed by atoms with Crippen molar-refractivity contribution in [3.05, 3.63) is 181 Å². The van der Waals surface area contributed by atoms with Gasteiger partial charge in [0.05, 0.1) is 30.1 Å². The quantitative estimate of drug-likeness (QED) is 0.166. The second-order valence-electron chi connectivity index (χ2n) is 17.0. The van der Waals surface area contributed by atoms with Gasteiger partial charge >= 0.3 is 0 Å². The van der Waals surface area contributed by atoms with Crippen LogP contribution in [0.4, 0.5) is 0 Å². The lowest BCUT2D eigenvalue weighted by atomic mass is 9.74. The van der Waals surface area contributed by atoms with Gasteiger partial charge in [0, 0.05) is 43.6 Å². The molecule has 0 fully saturated rings. The molecule has 13 rings (SSSR count). The van der Waals surface area contributed by atoms with Gasteiger partial charge in [0.25, 0.3) is 0 Å². The number of hydrogen-bond donors (Lipinski definition) is 0. The average Bonchev–Trinajstić information content (AvgIpc) is 4.02. The lowest BCUT2D eigenvalue weighted by molar-refractivity contribution is 0.499. The monoisotopic (exact) mass is 851 g/mol. The number of rotatable bonds is 3. The Labute approximate surface area is 390 Å². The zero-order chi connectivity index (χ0) is 52.9. The maximum Gasteiger partial charge on any atom is 0.240 e. The van der Waals surface area contributed by atoms with Crippen LogP contribution in [-0.4, -0.2) is 32.2 Å². The largest absolute Gasteiger partial charge is 0.278 e. The van der Waals surface area contributed by atoms with E-state index in [9.17, 15) is 16.4 Å². The number of benzene rings is 8. The molecule has 64 heavy (non-hydrogen) atoms. The maximum atomic E-state index is 9.61. The van der Waals surface area contributed by atoms with Gasteiger partial charge in [-0.1, -0.05) is 178 Å². The number of aromatic nitrogens is 5. The molecule has 1 aliphatic carbocycles. The third-order valence-corrected chi connectivity index (χ3v) is 15.7. The molecule has 0 saturated carbocycles. The predicted octanol–water partition coefficient (Wildman–Crippen LogP) is 14.3. The molecule has 0 radical (unpaired) electrons. The van der Waals surface area contributed by atoms with Crippen LogP contribution in [0.3, 0.4) is 0 Å². The molecule has 0 saturated heterocycles. The van der Waals surface area contributed by atoms with E-state index in [-0.39, 0.29) is 34.0 Å². The van der Waals surface area contributed by atoms with Crippen molar-refractivity contribution in [2.75, 3.05) is 0 Å². The van der Waals surface area contributed by atoms with Gasteiger partial charge in [0.15, 0.2) is 5.82 Å². The highest BCUT2D eigenvalue weighted by Crippen LogP contribution is 2.52. The normalized spacial score (nSPS) is 18.2. The standard InChI is InChI=1S/C58H45N5Si/c1-58(2)33-34-64(3,4)54-52-45-28-10-9-22-39(45)37-20-6-5-19-36(37)38-21-7-8-23-40(38)46(52)35-47(53(54)58)55-59-56(62-48-29-15-11-24-41(48)42-25-12-16-30-49(42)62)61-57(60-55)63-50-31-17-13-26-43(50)44-27-14-18-32-51(44)63/h5-32,35H,33-34H2,1-4H3/i1D3,2D3,3D3,4D3. The van der Waals surface area contributed by atoms with Gasteiger partial charge in [-0.3, -0.25) is 9.13 Å². The molecule has 11 aromatic rings. The molecule has 0 spiro atoms. The van der Waals surface area contributed by atoms with Crippen LogP contribution in [0.5, 0.6) is 0 Å². The summed E-state index contributed by atoms with van der Waals surface area (Å²) in [4.78, 5) is 16.0.